The first-order chi connectivity index (χ1) is 9.90. The lowest BCUT2D eigenvalue weighted by Crippen LogP contribution is -2.39. The predicted molar refractivity (Wildman–Crippen MR) is 82.7 cm³/mol. The van der Waals surface area contributed by atoms with E-state index in [1.807, 2.05) is 20.1 Å². The zero-order valence-corrected chi connectivity index (χ0v) is 13.1. The molecule has 0 heterocycles. The third kappa shape index (κ3) is 4.71. The molecule has 1 aromatic rings. The number of thioether (sulfide) groups is 1. The Kier molecular flexibility index (Phi) is 6.64. The van der Waals surface area contributed by atoms with Crippen LogP contribution in [0.3, 0.4) is 0 Å². The molecule has 0 radical (unpaired) electrons. The lowest BCUT2D eigenvalue weighted by Gasteiger charge is -2.21. The highest BCUT2D eigenvalue weighted by Gasteiger charge is 2.23. The van der Waals surface area contributed by atoms with Crippen LogP contribution in [0, 0.1) is 16.0 Å². The van der Waals surface area contributed by atoms with Gasteiger partial charge in [0.25, 0.3) is 11.6 Å². The number of rotatable bonds is 7. The highest BCUT2D eigenvalue weighted by Crippen LogP contribution is 2.25. The van der Waals surface area contributed by atoms with Gasteiger partial charge in [0.2, 0.25) is 0 Å². The molecule has 0 saturated carbocycles. The summed E-state index contributed by atoms with van der Waals surface area (Å²) in [6, 6.07) is 4.26. The molecule has 1 unspecified atom stereocenters. The van der Waals surface area contributed by atoms with Crippen LogP contribution >= 0.6 is 11.8 Å². The lowest BCUT2D eigenvalue weighted by atomic mass is 10.0. The summed E-state index contributed by atoms with van der Waals surface area (Å²) >= 11 is 1.41. The van der Waals surface area contributed by atoms with Crippen LogP contribution in [0.1, 0.15) is 30.6 Å². The second kappa shape index (κ2) is 7.99. The molecule has 0 aromatic heterocycles. The van der Waals surface area contributed by atoms with Crippen molar-refractivity contribution in [3.05, 3.63) is 33.9 Å². The Bertz CT molecular complexity index is 520. The number of benzene rings is 1. The summed E-state index contributed by atoms with van der Waals surface area (Å²) in [5.74, 6) is -0.353. The van der Waals surface area contributed by atoms with Gasteiger partial charge >= 0.3 is 0 Å². The van der Waals surface area contributed by atoms with Crippen molar-refractivity contribution in [1.82, 2.24) is 5.32 Å². The maximum Gasteiger partial charge on any atom is 0.282 e. The Morgan fingerprint density at radius 1 is 1.48 bits per heavy atom. The number of nitro groups is 1. The number of hydrogen-bond acceptors (Lipinski definition) is 5. The average molecular weight is 312 g/mol. The number of nitro benzene ring substituents is 1. The number of hydrogen-bond donors (Lipinski definition) is 2. The first-order valence-electron chi connectivity index (χ1n) is 6.64. The lowest BCUT2D eigenvalue weighted by molar-refractivity contribution is -0.385. The SMILES string of the molecule is CSc1ccc([N+](=O)[O-])c(C(=O)NC(CCO)C(C)C)c1. The summed E-state index contributed by atoms with van der Waals surface area (Å²) in [5, 5.41) is 22.8. The second-order valence-electron chi connectivity index (χ2n) is 4.98. The first kappa shape index (κ1) is 17.5. The number of amides is 1. The van der Waals surface area contributed by atoms with Gasteiger partial charge in [-0.25, -0.2) is 0 Å². The largest absolute Gasteiger partial charge is 0.396 e. The molecular formula is C14H20N2O4S. The minimum Gasteiger partial charge on any atom is -0.396 e. The summed E-state index contributed by atoms with van der Waals surface area (Å²) in [6.07, 6.45) is 2.25. The van der Waals surface area contributed by atoms with E-state index in [2.05, 4.69) is 5.32 Å². The Labute approximate surface area is 128 Å². The van der Waals surface area contributed by atoms with Crippen LogP contribution in [0.25, 0.3) is 0 Å². The van der Waals surface area contributed by atoms with Crippen LogP contribution < -0.4 is 5.32 Å². The van der Waals surface area contributed by atoms with Gasteiger partial charge in [0, 0.05) is 23.6 Å². The number of nitrogens with one attached hydrogen (secondary N) is 1. The molecule has 0 fully saturated rings. The van der Waals surface area contributed by atoms with Crippen LogP contribution in [0.2, 0.25) is 0 Å². The number of carbonyl (C=O) groups excluding carboxylic acids is 1. The molecule has 2 N–H and O–H groups in total. The van der Waals surface area contributed by atoms with Gasteiger partial charge in [-0.05, 0) is 30.7 Å². The zero-order chi connectivity index (χ0) is 16.0. The van der Waals surface area contributed by atoms with Gasteiger partial charge in [-0.15, -0.1) is 11.8 Å². The van der Waals surface area contributed by atoms with Crippen molar-refractivity contribution in [2.24, 2.45) is 5.92 Å². The highest BCUT2D eigenvalue weighted by atomic mass is 32.2. The van der Waals surface area contributed by atoms with Crippen molar-refractivity contribution in [2.75, 3.05) is 12.9 Å². The molecule has 0 aliphatic rings. The molecule has 6 nitrogen and oxygen atoms in total. The van der Waals surface area contributed by atoms with Crippen LogP contribution in [0.5, 0.6) is 0 Å². The van der Waals surface area contributed by atoms with Gasteiger partial charge in [0.15, 0.2) is 0 Å². The minimum atomic E-state index is -0.560. The summed E-state index contributed by atoms with van der Waals surface area (Å²) in [6.45, 7) is 3.80. The van der Waals surface area contributed by atoms with E-state index in [-0.39, 0.29) is 29.8 Å². The fraction of sp³-hybridized carbons (Fsp3) is 0.500. The fourth-order valence-electron chi connectivity index (χ4n) is 1.94. The molecule has 1 aromatic carbocycles. The first-order valence-corrected chi connectivity index (χ1v) is 7.87. The highest BCUT2D eigenvalue weighted by molar-refractivity contribution is 7.98. The molecular weight excluding hydrogens is 292 g/mol. The molecule has 7 heteroatoms. The predicted octanol–water partition coefficient (Wildman–Crippen LogP) is 2.45. The van der Waals surface area contributed by atoms with Crippen molar-refractivity contribution in [3.63, 3.8) is 0 Å². The summed E-state index contributed by atoms with van der Waals surface area (Å²) < 4.78 is 0. The van der Waals surface area contributed by atoms with E-state index in [1.54, 1.807) is 6.07 Å². The van der Waals surface area contributed by atoms with Crippen LogP contribution in [-0.4, -0.2) is 34.8 Å². The Morgan fingerprint density at radius 3 is 2.62 bits per heavy atom. The second-order valence-corrected chi connectivity index (χ2v) is 5.86. The topological polar surface area (TPSA) is 92.5 Å². The molecule has 21 heavy (non-hydrogen) atoms. The van der Waals surface area contributed by atoms with Crippen LogP contribution in [0.15, 0.2) is 23.1 Å². The Balaban J connectivity index is 3.07. The van der Waals surface area contributed by atoms with Crippen molar-refractivity contribution in [2.45, 2.75) is 31.2 Å². The van der Waals surface area contributed by atoms with E-state index >= 15 is 0 Å². The van der Waals surface area contributed by atoms with Crippen molar-refractivity contribution >= 4 is 23.4 Å². The molecule has 1 atom stereocenters. The van der Waals surface area contributed by atoms with E-state index in [1.165, 1.54) is 23.9 Å². The fourth-order valence-corrected chi connectivity index (χ4v) is 2.38. The Hall–Kier alpha value is -1.60. The van der Waals surface area contributed by atoms with E-state index in [4.69, 9.17) is 5.11 Å². The number of aliphatic hydroxyl groups excluding tert-OH is 1. The van der Waals surface area contributed by atoms with Gasteiger partial charge < -0.3 is 10.4 Å². The number of nitrogens with zero attached hydrogens (tertiary/aromatic N) is 1. The maximum absolute atomic E-state index is 12.3. The van der Waals surface area contributed by atoms with E-state index in [0.29, 0.717) is 6.42 Å². The van der Waals surface area contributed by atoms with Gasteiger partial charge in [0.1, 0.15) is 5.56 Å². The minimum absolute atomic E-state index is 0.0456. The van der Waals surface area contributed by atoms with Gasteiger partial charge in [0.05, 0.1) is 4.92 Å². The van der Waals surface area contributed by atoms with Crippen molar-refractivity contribution < 1.29 is 14.8 Å². The van der Waals surface area contributed by atoms with E-state index in [0.717, 1.165) is 4.90 Å². The third-order valence-corrected chi connectivity index (χ3v) is 3.93. The summed E-state index contributed by atoms with van der Waals surface area (Å²) in [5.41, 5.74) is -0.160. The van der Waals surface area contributed by atoms with E-state index in [9.17, 15) is 14.9 Å². The standard InChI is InChI=1S/C14H20N2O4S/c1-9(2)12(6-7-17)15-14(18)11-8-10(21-3)4-5-13(11)16(19)20/h4-5,8-9,12,17H,6-7H2,1-3H3,(H,15,18). The van der Waals surface area contributed by atoms with Gasteiger partial charge in [-0.3, -0.25) is 14.9 Å². The van der Waals surface area contributed by atoms with E-state index < -0.39 is 10.8 Å². The molecule has 0 aliphatic heterocycles. The smallest absolute Gasteiger partial charge is 0.282 e. The zero-order valence-electron chi connectivity index (χ0n) is 12.3. The molecule has 0 aliphatic carbocycles. The number of carbonyl (C=O) groups is 1. The molecule has 0 bridgehead atoms. The Morgan fingerprint density at radius 2 is 2.14 bits per heavy atom. The quantitative estimate of drug-likeness (QED) is 0.458. The van der Waals surface area contributed by atoms with Gasteiger partial charge in [-0.2, -0.15) is 0 Å². The molecule has 0 spiro atoms. The summed E-state index contributed by atoms with van der Waals surface area (Å²) in [7, 11) is 0. The normalized spacial score (nSPS) is 12.2. The maximum atomic E-state index is 12.3. The van der Waals surface area contributed by atoms with Crippen molar-refractivity contribution in [1.29, 1.82) is 0 Å². The average Bonchev–Trinajstić information content (AvgIpc) is 2.45. The molecule has 116 valence electrons. The van der Waals surface area contributed by atoms with Gasteiger partial charge in [-0.1, -0.05) is 13.8 Å². The van der Waals surface area contributed by atoms with Crippen LogP contribution in [0.4, 0.5) is 5.69 Å². The van der Waals surface area contributed by atoms with Crippen LogP contribution in [-0.2, 0) is 0 Å². The van der Waals surface area contributed by atoms with Crippen molar-refractivity contribution in [3.8, 4) is 0 Å². The molecule has 1 amide bonds. The third-order valence-electron chi connectivity index (χ3n) is 3.21. The molecule has 1 rings (SSSR count). The summed E-state index contributed by atoms with van der Waals surface area (Å²) in [4.78, 5) is 23.6. The molecule has 0 saturated heterocycles. The number of aliphatic hydroxyl groups is 1. The monoisotopic (exact) mass is 312 g/mol.